The second kappa shape index (κ2) is 6.75. The zero-order valence-corrected chi connectivity index (χ0v) is 16.2. The molecule has 0 radical (unpaired) electrons. The molecule has 0 bridgehead atoms. The fourth-order valence-electron chi connectivity index (χ4n) is 6.15. The Hall–Kier alpha value is -1.77. The summed E-state index contributed by atoms with van der Waals surface area (Å²) in [6, 6.07) is 6.48. The first kappa shape index (κ1) is 17.6. The van der Waals surface area contributed by atoms with Gasteiger partial charge in [-0.3, -0.25) is 4.79 Å². The molecular weight excluding hydrogens is 324 g/mol. The van der Waals surface area contributed by atoms with E-state index in [1.54, 1.807) is 5.57 Å². The van der Waals surface area contributed by atoms with Gasteiger partial charge in [-0.05, 0) is 91.9 Å². The summed E-state index contributed by atoms with van der Waals surface area (Å²) in [6.45, 7) is 6.14. The highest BCUT2D eigenvalue weighted by Gasteiger charge is 2.52. The molecule has 1 aromatic rings. The highest BCUT2D eigenvalue weighted by atomic mass is 16.7. The van der Waals surface area contributed by atoms with Crippen LogP contribution in [0.4, 0.5) is 0 Å². The number of hydrogen-bond donors (Lipinski definition) is 0. The monoisotopic (exact) mass is 354 g/mol. The van der Waals surface area contributed by atoms with Gasteiger partial charge in [-0.2, -0.15) is 0 Å². The first-order chi connectivity index (χ1) is 12.5. The Morgan fingerprint density at radius 3 is 2.88 bits per heavy atom. The van der Waals surface area contributed by atoms with Crippen molar-refractivity contribution in [3.63, 3.8) is 0 Å². The zero-order chi connectivity index (χ0) is 18.3. The molecule has 3 heteroatoms. The fourth-order valence-corrected chi connectivity index (χ4v) is 6.15. The summed E-state index contributed by atoms with van der Waals surface area (Å²) in [4.78, 5) is 10.9. The van der Waals surface area contributed by atoms with Crippen LogP contribution >= 0.6 is 0 Å². The third-order valence-corrected chi connectivity index (χ3v) is 7.38. The molecule has 0 heterocycles. The maximum Gasteiger partial charge on any atom is 0.305 e. The molecule has 140 valence electrons. The lowest BCUT2D eigenvalue weighted by molar-refractivity contribution is -0.147. The van der Waals surface area contributed by atoms with E-state index in [0.717, 1.165) is 24.0 Å². The molecule has 2 saturated carbocycles. The molecule has 2 fully saturated rings. The highest BCUT2D eigenvalue weighted by Crippen LogP contribution is 2.62. The van der Waals surface area contributed by atoms with Crippen molar-refractivity contribution in [2.45, 2.75) is 65.2 Å². The van der Waals surface area contributed by atoms with Gasteiger partial charge in [-0.25, -0.2) is 0 Å². The maximum absolute atomic E-state index is 10.9. The van der Waals surface area contributed by atoms with Crippen molar-refractivity contribution in [3.8, 4) is 5.75 Å². The van der Waals surface area contributed by atoms with Gasteiger partial charge in [0.1, 0.15) is 5.75 Å². The largest absolute Gasteiger partial charge is 0.457 e. The van der Waals surface area contributed by atoms with Gasteiger partial charge < -0.3 is 9.47 Å². The molecule has 4 atom stereocenters. The molecular formula is C23H30O3. The lowest BCUT2D eigenvalue weighted by atomic mass is 9.55. The quantitative estimate of drug-likeness (QED) is 0.415. The molecule has 0 unspecified atom stereocenters. The van der Waals surface area contributed by atoms with E-state index >= 15 is 0 Å². The van der Waals surface area contributed by atoms with Gasteiger partial charge in [0.05, 0.1) is 0 Å². The van der Waals surface area contributed by atoms with Crippen LogP contribution in [0.15, 0.2) is 29.8 Å². The Labute approximate surface area is 156 Å². The molecule has 26 heavy (non-hydrogen) atoms. The number of fused-ring (bicyclic) bond motifs is 5. The van der Waals surface area contributed by atoms with Gasteiger partial charge in [0.2, 0.25) is 6.79 Å². The van der Waals surface area contributed by atoms with Crippen molar-refractivity contribution in [2.75, 3.05) is 6.79 Å². The van der Waals surface area contributed by atoms with Crippen LogP contribution in [0.2, 0.25) is 0 Å². The molecule has 0 amide bonds. The summed E-state index contributed by atoms with van der Waals surface area (Å²) in [7, 11) is 0. The van der Waals surface area contributed by atoms with Crippen LogP contribution in [0.25, 0.3) is 0 Å². The summed E-state index contributed by atoms with van der Waals surface area (Å²) >= 11 is 0. The Balaban J connectivity index is 1.53. The maximum atomic E-state index is 10.9. The van der Waals surface area contributed by atoms with Gasteiger partial charge in [-0.15, -0.1) is 0 Å². The molecule has 0 saturated heterocycles. The Morgan fingerprint density at radius 1 is 1.27 bits per heavy atom. The van der Waals surface area contributed by atoms with Crippen molar-refractivity contribution < 1.29 is 14.3 Å². The summed E-state index contributed by atoms with van der Waals surface area (Å²) in [6.07, 6.45) is 10.1. The number of aryl methyl sites for hydroxylation is 1. The first-order valence-electron chi connectivity index (χ1n) is 10.1. The van der Waals surface area contributed by atoms with E-state index in [4.69, 9.17) is 9.47 Å². The standard InChI is InChI=1S/C23H30O3/c1-4-17-6-10-22-21-8-5-16-13-18(26-14-25-15(2)24)7-9-19(16)20(21)11-12-23(17,22)3/h4,7,9,13,20-22H,5-6,8,10-12,14H2,1-3H3/t20-,21-,22+,23-/m1/s1. The van der Waals surface area contributed by atoms with E-state index in [9.17, 15) is 4.79 Å². The SMILES string of the molecule is CC=C1CC[C@H]2[C@@H]3CCc4cc(OCOC(C)=O)ccc4[C@H]3CC[C@]12C. The average molecular weight is 354 g/mol. The summed E-state index contributed by atoms with van der Waals surface area (Å²) in [5, 5.41) is 0. The number of hydrogen-bond acceptors (Lipinski definition) is 3. The minimum Gasteiger partial charge on any atom is -0.457 e. The number of carbonyl (C=O) groups excluding carboxylic acids is 1. The lowest BCUT2D eigenvalue weighted by Crippen LogP contribution is -2.40. The molecule has 3 nitrogen and oxygen atoms in total. The number of allylic oxidation sites excluding steroid dienone is 2. The van der Waals surface area contributed by atoms with E-state index in [-0.39, 0.29) is 12.8 Å². The van der Waals surface area contributed by atoms with Gasteiger partial charge in [-0.1, -0.05) is 24.6 Å². The predicted octanol–water partition coefficient (Wildman–Crippen LogP) is 5.39. The van der Waals surface area contributed by atoms with Crippen molar-refractivity contribution >= 4 is 5.97 Å². The second-order valence-electron chi connectivity index (χ2n) is 8.48. The first-order valence-corrected chi connectivity index (χ1v) is 10.1. The van der Waals surface area contributed by atoms with Crippen molar-refractivity contribution in [1.82, 2.24) is 0 Å². The Morgan fingerprint density at radius 2 is 2.12 bits per heavy atom. The van der Waals surface area contributed by atoms with Crippen LogP contribution in [-0.2, 0) is 16.0 Å². The number of carbonyl (C=O) groups is 1. The molecule has 1 aromatic carbocycles. The van der Waals surface area contributed by atoms with E-state index in [0.29, 0.717) is 11.3 Å². The van der Waals surface area contributed by atoms with E-state index in [2.05, 4.69) is 32.1 Å². The highest BCUT2D eigenvalue weighted by molar-refractivity contribution is 5.65. The number of rotatable bonds is 3. The Kier molecular flexibility index (Phi) is 4.58. The minimum atomic E-state index is -0.312. The lowest BCUT2D eigenvalue weighted by Gasteiger charge is -2.49. The Bertz CT molecular complexity index is 735. The summed E-state index contributed by atoms with van der Waals surface area (Å²) in [5.74, 6) is 2.87. The summed E-state index contributed by atoms with van der Waals surface area (Å²) < 4.78 is 10.5. The van der Waals surface area contributed by atoms with Gasteiger partial charge in [0.25, 0.3) is 0 Å². The van der Waals surface area contributed by atoms with Crippen LogP contribution in [0.3, 0.4) is 0 Å². The second-order valence-corrected chi connectivity index (χ2v) is 8.48. The van der Waals surface area contributed by atoms with E-state index < -0.39 is 0 Å². The van der Waals surface area contributed by atoms with Crippen LogP contribution in [0.5, 0.6) is 5.75 Å². The molecule has 0 aromatic heterocycles. The normalized spacial score (nSPS) is 34.0. The van der Waals surface area contributed by atoms with Crippen molar-refractivity contribution in [1.29, 1.82) is 0 Å². The topological polar surface area (TPSA) is 35.5 Å². The fraction of sp³-hybridized carbons (Fsp3) is 0.609. The van der Waals surface area contributed by atoms with Crippen LogP contribution < -0.4 is 4.74 Å². The van der Waals surface area contributed by atoms with E-state index in [1.807, 2.05) is 6.07 Å². The van der Waals surface area contributed by atoms with Crippen LogP contribution in [-0.4, -0.2) is 12.8 Å². The average Bonchev–Trinajstić information content (AvgIpc) is 2.97. The summed E-state index contributed by atoms with van der Waals surface area (Å²) in [5.41, 5.74) is 5.12. The minimum absolute atomic E-state index is 0.00721. The molecule has 3 aliphatic rings. The molecule has 0 N–H and O–H groups in total. The third kappa shape index (κ3) is 2.86. The molecule has 0 aliphatic heterocycles. The zero-order valence-electron chi connectivity index (χ0n) is 16.2. The van der Waals surface area contributed by atoms with Crippen molar-refractivity contribution in [2.24, 2.45) is 17.3 Å². The number of benzene rings is 1. The van der Waals surface area contributed by atoms with Gasteiger partial charge >= 0.3 is 5.97 Å². The smallest absolute Gasteiger partial charge is 0.305 e. The van der Waals surface area contributed by atoms with Crippen LogP contribution in [0.1, 0.15) is 69.9 Å². The third-order valence-electron chi connectivity index (χ3n) is 7.38. The number of esters is 1. The van der Waals surface area contributed by atoms with Gasteiger partial charge in [0.15, 0.2) is 0 Å². The van der Waals surface area contributed by atoms with E-state index in [1.165, 1.54) is 50.2 Å². The molecule has 4 rings (SSSR count). The van der Waals surface area contributed by atoms with Crippen molar-refractivity contribution in [3.05, 3.63) is 41.0 Å². The molecule has 3 aliphatic carbocycles. The van der Waals surface area contributed by atoms with Gasteiger partial charge in [0, 0.05) is 6.92 Å². The predicted molar refractivity (Wildman–Crippen MR) is 102 cm³/mol. The number of ether oxygens (including phenoxy) is 2. The van der Waals surface area contributed by atoms with Crippen LogP contribution in [0, 0.1) is 17.3 Å². The molecule has 0 spiro atoms.